The molecule has 0 radical (unpaired) electrons. The van der Waals surface area contributed by atoms with Crippen LogP contribution in [-0.2, 0) is 4.79 Å². The number of carbonyl (C=O) groups is 1. The fourth-order valence-corrected chi connectivity index (χ4v) is 1.93. The fraction of sp³-hybridized carbons (Fsp3) is 0.562. The van der Waals surface area contributed by atoms with Crippen LogP contribution in [0.4, 0.5) is 0 Å². The van der Waals surface area contributed by atoms with E-state index in [9.17, 15) is 4.79 Å². The van der Waals surface area contributed by atoms with Crippen LogP contribution in [0.15, 0.2) is 18.2 Å². The summed E-state index contributed by atoms with van der Waals surface area (Å²) in [7, 11) is 0. The summed E-state index contributed by atoms with van der Waals surface area (Å²) in [6.45, 7) is 6.49. The average molecular weight is 279 g/mol. The molecule has 112 valence electrons. The van der Waals surface area contributed by atoms with Crippen LogP contribution in [0.25, 0.3) is 0 Å². The van der Waals surface area contributed by atoms with Gasteiger partial charge in [-0.05, 0) is 50.8 Å². The van der Waals surface area contributed by atoms with Gasteiger partial charge in [0.1, 0.15) is 5.75 Å². The van der Waals surface area contributed by atoms with Crippen molar-refractivity contribution in [3.8, 4) is 5.75 Å². The number of aliphatic hydroxyl groups excluding tert-OH is 1. The highest BCUT2D eigenvalue weighted by atomic mass is 16.5. The first-order valence-electron chi connectivity index (χ1n) is 7.13. The number of hydrogen-bond acceptors (Lipinski definition) is 3. The highest BCUT2D eigenvalue weighted by Gasteiger charge is 2.07. The highest BCUT2D eigenvalue weighted by Crippen LogP contribution is 2.19. The summed E-state index contributed by atoms with van der Waals surface area (Å²) < 4.78 is 5.65. The second-order valence-corrected chi connectivity index (χ2v) is 5.20. The molecule has 1 aromatic rings. The van der Waals surface area contributed by atoms with Crippen molar-refractivity contribution < 1.29 is 14.6 Å². The molecule has 0 aliphatic heterocycles. The molecule has 0 spiro atoms. The number of hydrogen-bond donors (Lipinski definition) is 2. The predicted octanol–water partition coefficient (Wildman–Crippen LogP) is 2.35. The number of amides is 1. The van der Waals surface area contributed by atoms with Crippen molar-refractivity contribution in [2.45, 2.75) is 46.1 Å². The number of aliphatic hydroxyl groups is 1. The average Bonchev–Trinajstić information content (AvgIpc) is 2.40. The van der Waals surface area contributed by atoms with Crippen LogP contribution in [0.5, 0.6) is 5.75 Å². The zero-order chi connectivity index (χ0) is 15.0. The number of rotatable bonds is 8. The minimum Gasteiger partial charge on any atom is -0.493 e. The first-order chi connectivity index (χ1) is 9.52. The summed E-state index contributed by atoms with van der Waals surface area (Å²) in [6.07, 6.45) is 1.84. The summed E-state index contributed by atoms with van der Waals surface area (Å²) >= 11 is 0. The van der Waals surface area contributed by atoms with Gasteiger partial charge in [0, 0.05) is 12.6 Å². The Bertz CT molecular complexity index is 432. The van der Waals surface area contributed by atoms with Gasteiger partial charge in [0.05, 0.1) is 13.0 Å². The van der Waals surface area contributed by atoms with E-state index in [0.29, 0.717) is 19.4 Å². The number of carbonyl (C=O) groups excluding carboxylic acids is 1. The lowest BCUT2D eigenvalue weighted by Gasteiger charge is -2.14. The van der Waals surface area contributed by atoms with Gasteiger partial charge in [-0.1, -0.05) is 12.1 Å². The van der Waals surface area contributed by atoms with Crippen LogP contribution in [0.1, 0.15) is 37.3 Å². The second kappa shape index (κ2) is 8.59. The summed E-state index contributed by atoms with van der Waals surface area (Å²) in [5, 5.41) is 11.6. The fourth-order valence-electron chi connectivity index (χ4n) is 1.93. The van der Waals surface area contributed by atoms with Crippen molar-refractivity contribution >= 4 is 5.91 Å². The molecule has 0 saturated heterocycles. The third-order valence-electron chi connectivity index (χ3n) is 3.13. The van der Waals surface area contributed by atoms with Crippen molar-refractivity contribution in [3.63, 3.8) is 0 Å². The normalized spacial score (nSPS) is 12.0. The number of ether oxygens (including phenoxy) is 1. The maximum absolute atomic E-state index is 11.7. The molecule has 4 heteroatoms. The van der Waals surface area contributed by atoms with Crippen LogP contribution >= 0.6 is 0 Å². The van der Waals surface area contributed by atoms with Crippen molar-refractivity contribution in [1.82, 2.24) is 5.32 Å². The lowest BCUT2D eigenvalue weighted by Crippen LogP contribution is -2.33. The van der Waals surface area contributed by atoms with Gasteiger partial charge in [0.15, 0.2) is 0 Å². The molecule has 1 amide bonds. The zero-order valence-corrected chi connectivity index (χ0v) is 12.6. The molecule has 1 aromatic carbocycles. The van der Waals surface area contributed by atoms with E-state index in [1.54, 1.807) is 0 Å². The molecule has 2 N–H and O–H groups in total. The van der Waals surface area contributed by atoms with Gasteiger partial charge < -0.3 is 15.2 Å². The predicted molar refractivity (Wildman–Crippen MR) is 80.0 cm³/mol. The molecular formula is C16H25NO3. The maximum Gasteiger partial charge on any atom is 0.223 e. The molecule has 0 aliphatic carbocycles. The van der Waals surface area contributed by atoms with Crippen molar-refractivity contribution in [2.24, 2.45) is 0 Å². The van der Waals surface area contributed by atoms with E-state index in [4.69, 9.17) is 9.84 Å². The van der Waals surface area contributed by atoms with Crippen LogP contribution in [0.2, 0.25) is 0 Å². The Balaban J connectivity index is 2.29. The molecule has 20 heavy (non-hydrogen) atoms. The number of aryl methyl sites for hydroxylation is 2. The SMILES string of the molecule is Cc1ccc(C)c(OCCC(=O)NC(C)CCCO)c1. The lowest BCUT2D eigenvalue weighted by atomic mass is 10.1. The van der Waals surface area contributed by atoms with E-state index in [1.807, 2.05) is 39.0 Å². The first-order valence-corrected chi connectivity index (χ1v) is 7.13. The van der Waals surface area contributed by atoms with Gasteiger partial charge >= 0.3 is 0 Å². The third kappa shape index (κ3) is 6.06. The topological polar surface area (TPSA) is 58.6 Å². The van der Waals surface area contributed by atoms with Gasteiger partial charge in [-0.2, -0.15) is 0 Å². The highest BCUT2D eigenvalue weighted by molar-refractivity contribution is 5.76. The molecule has 0 aromatic heterocycles. The maximum atomic E-state index is 11.7. The second-order valence-electron chi connectivity index (χ2n) is 5.20. The van der Waals surface area contributed by atoms with E-state index in [-0.39, 0.29) is 18.6 Å². The molecule has 1 unspecified atom stereocenters. The zero-order valence-electron chi connectivity index (χ0n) is 12.6. The Kier molecular flexibility index (Phi) is 7.09. The van der Waals surface area contributed by atoms with E-state index in [1.165, 1.54) is 0 Å². The Labute approximate surface area is 121 Å². The monoisotopic (exact) mass is 279 g/mol. The summed E-state index contributed by atoms with van der Waals surface area (Å²) in [4.78, 5) is 11.7. The molecule has 0 bridgehead atoms. The number of nitrogens with one attached hydrogen (secondary N) is 1. The van der Waals surface area contributed by atoms with Crippen LogP contribution < -0.4 is 10.1 Å². The summed E-state index contributed by atoms with van der Waals surface area (Å²) in [6, 6.07) is 6.13. The molecule has 0 aliphatic rings. The Hall–Kier alpha value is -1.55. The van der Waals surface area contributed by atoms with E-state index >= 15 is 0 Å². The lowest BCUT2D eigenvalue weighted by molar-refractivity contribution is -0.122. The smallest absolute Gasteiger partial charge is 0.223 e. The molecule has 1 atom stereocenters. The van der Waals surface area contributed by atoms with Crippen LogP contribution in [0.3, 0.4) is 0 Å². The Morgan fingerprint density at radius 2 is 2.15 bits per heavy atom. The molecule has 0 heterocycles. The first kappa shape index (κ1) is 16.5. The minimum atomic E-state index is -0.0132. The van der Waals surface area contributed by atoms with Crippen molar-refractivity contribution in [1.29, 1.82) is 0 Å². The summed E-state index contributed by atoms with van der Waals surface area (Å²) in [5.41, 5.74) is 2.22. The quantitative estimate of drug-likeness (QED) is 0.768. The largest absolute Gasteiger partial charge is 0.493 e. The molecule has 1 rings (SSSR count). The van der Waals surface area contributed by atoms with E-state index in [0.717, 1.165) is 23.3 Å². The summed E-state index contributed by atoms with van der Waals surface area (Å²) in [5.74, 6) is 0.826. The van der Waals surface area contributed by atoms with Gasteiger partial charge in [-0.15, -0.1) is 0 Å². The van der Waals surface area contributed by atoms with Gasteiger partial charge in [0.2, 0.25) is 5.91 Å². The Morgan fingerprint density at radius 3 is 2.85 bits per heavy atom. The van der Waals surface area contributed by atoms with Gasteiger partial charge in [-0.3, -0.25) is 4.79 Å². The van der Waals surface area contributed by atoms with E-state index in [2.05, 4.69) is 5.32 Å². The van der Waals surface area contributed by atoms with Gasteiger partial charge in [-0.25, -0.2) is 0 Å². The van der Waals surface area contributed by atoms with Crippen LogP contribution in [-0.4, -0.2) is 30.3 Å². The molecule has 0 fully saturated rings. The third-order valence-corrected chi connectivity index (χ3v) is 3.13. The van der Waals surface area contributed by atoms with Gasteiger partial charge in [0.25, 0.3) is 0 Å². The van der Waals surface area contributed by atoms with Crippen molar-refractivity contribution in [2.75, 3.05) is 13.2 Å². The Morgan fingerprint density at radius 1 is 1.40 bits per heavy atom. The van der Waals surface area contributed by atoms with Crippen molar-refractivity contribution in [3.05, 3.63) is 29.3 Å². The minimum absolute atomic E-state index is 0.0132. The van der Waals surface area contributed by atoms with Crippen LogP contribution in [0, 0.1) is 13.8 Å². The molecular weight excluding hydrogens is 254 g/mol. The molecule has 4 nitrogen and oxygen atoms in total. The standard InChI is InChI=1S/C16H25NO3/c1-12-6-7-13(2)15(11-12)20-10-8-16(19)17-14(3)5-4-9-18/h6-7,11,14,18H,4-5,8-10H2,1-3H3,(H,17,19). The number of benzene rings is 1. The molecule has 0 saturated carbocycles. The van der Waals surface area contributed by atoms with E-state index < -0.39 is 0 Å².